The van der Waals surface area contributed by atoms with Crippen LogP contribution in [0, 0.1) is 12.7 Å². The van der Waals surface area contributed by atoms with Gasteiger partial charge in [-0.25, -0.2) is 4.39 Å². The normalized spacial score (nSPS) is 12.2. The van der Waals surface area contributed by atoms with E-state index in [0.29, 0.717) is 12.8 Å². The Morgan fingerprint density at radius 3 is 2.82 bits per heavy atom. The monoisotopic (exact) mass is 239 g/mol. The highest BCUT2D eigenvalue weighted by Gasteiger charge is 2.13. The van der Waals surface area contributed by atoms with Crippen molar-refractivity contribution in [1.82, 2.24) is 5.32 Å². The zero-order valence-electron chi connectivity index (χ0n) is 10.2. The number of nitrogens with one attached hydrogen (secondary N) is 1. The van der Waals surface area contributed by atoms with E-state index < -0.39 is 11.7 Å². The van der Waals surface area contributed by atoms with Gasteiger partial charge in [0.05, 0.1) is 5.56 Å². The number of hydrogen-bond acceptors (Lipinski definition) is 2. The number of carbonyl (C=O) groups is 1. The summed E-state index contributed by atoms with van der Waals surface area (Å²) < 4.78 is 13.5. The van der Waals surface area contributed by atoms with Gasteiger partial charge in [0.15, 0.2) is 0 Å². The molecule has 0 aliphatic carbocycles. The van der Waals surface area contributed by atoms with E-state index in [2.05, 4.69) is 5.32 Å². The second kappa shape index (κ2) is 6.35. The summed E-state index contributed by atoms with van der Waals surface area (Å²) in [6, 6.07) is 4.46. The van der Waals surface area contributed by atoms with Gasteiger partial charge >= 0.3 is 0 Å². The van der Waals surface area contributed by atoms with E-state index in [1.165, 1.54) is 12.1 Å². The van der Waals surface area contributed by atoms with Crippen molar-refractivity contribution in [3.05, 3.63) is 35.1 Å². The fourth-order valence-electron chi connectivity index (χ4n) is 1.58. The first kappa shape index (κ1) is 13.6. The van der Waals surface area contributed by atoms with Crippen LogP contribution in [0.4, 0.5) is 4.39 Å². The Kier molecular flexibility index (Phi) is 5.10. The van der Waals surface area contributed by atoms with Gasteiger partial charge < -0.3 is 10.4 Å². The summed E-state index contributed by atoms with van der Waals surface area (Å²) >= 11 is 0. The third-order valence-electron chi connectivity index (χ3n) is 2.54. The second-order valence-corrected chi connectivity index (χ2v) is 4.22. The Hall–Kier alpha value is -1.42. The Labute approximate surface area is 101 Å². The number of aliphatic hydroxyl groups is 1. The van der Waals surface area contributed by atoms with Gasteiger partial charge in [-0.2, -0.15) is 0 Å². The molecule has 1 unspecified atom stereocenters. The van der Waals surface area contributed by atoms with Gasteiger partial charge in [-0.3, -0.25) is 4.79 Å². The number of carbonyl (C=O) groups excluding carboxylic acids is 1. The highest BCUT2D eigenvalue weighted by molar-refractivity contribution is 5.94. The van der Waals surface area contributed by atoms with Crippen molar-refractivity contribution in [2.24, 2.45) is 0 Å². The molecule has 0 spiro atoms. The summed E-state index contributed by atoms with van der Waals surface area (Å²) in [7, 11) is 0. The maximum atomic E-state index is 13.5. The molecule has 0 saturated carbocycles. The quantitative estimate of drug-likeness (QED) is 0.826. The molecule has 1 atom stereocenters. The fraction of sp³-hybridized carbons (Fsp3) is 0.462. The molecular weight excluding hydrogens is 221 g/mol. The van der Waals surface area contributed by atoms with Crippen LogP contribution in [0.1, 0.15) is 35.7 Å². The number of hydrogen-bond donors (Lipinski definition) is 2. The van der Waals surface area contributed by atoms with Gasteiger partial charge in [0.2, 0.25) is 0 Å². The predicted molar refractivity (Wildman–Crippen MR) is 64.4 cm³/mol. The lowest BCUT2D eigenvalue weighted by Crippen LogP contribution is -2.33. The maximum Gasteiger partial charge on any atom is 0.254 e. The highest BCUT2D eigenvalue weighted by Crippen LogP contribution is 2.10. The van der Waals surface area contributed by atoms with Crippen molar-refractivity contribution < 1.29 is 14.3 Å². The molecule has 0 aromatic heterocycles. The van der Waals surface area contributed by atoms with Crippen LogP contribution < -0.4 is 5.32 Å². The van der Waals surface area contributed by atoms with E-state index in [1.807, 2.05) is 6.92 Å². The highest BCUT2D eigenvalue weighted by atomic mass is 19.1. The molecule has 2 N–H and O–H groups in total. The largest absolute Gasteiger partial charge is 0.396 e. The van der Waals surface area contributed by atoms with Crippen LogP contribution in [-0.4, -0.2) is 23.7 Å². The van der Waals surface area contributed by atoms with Crippen molar-refractivity contribution in [3.8, 4) is 0 Å². The van der Waals surface area contributed by atoms with E-state index in [-0.39, 0.29) is 18.2 Å². The molecular formula is C13H18FNO2. The van der Waals surface area contributed by atoms with Gasteiger partial charge in [-0.15, -0.1) is 0 Å². The van der Waals surface area contributed by atoms with E-state index in [4.69, 9.17) is 5.11 Å². The summed E-state index contributed by atoms with van der Waals surface area (Å²) in [5, 5.41) is 11.4. The number of aryl methyl sites for hydroxylation is 1. The Bertz CT molecular complexity index is 393. The molecule has 0 aliphatic heterocycles. The number of aliphatic hydroxyl groups excluding tert-OH is 1. The molecule has 1 aromatic rings. The molecule has 0 radical (unpaired) electrons. The zero-order chi connectivity index (χ0) is 12.8. The molecule has 1 amide bonds. The second-order valence-electron chi connectivity index (χ2n) is 4.22. The van der Waals surface area contributed by atoms with E-state index in [0.717, 1.165) is 5.56 Å². The Balaban J connectivity index is 2.63. The SMILES string of the molecule is Cc1ccc(C(=O)NC(C)CCCO)c(F)c1. The first-order chi connectivity index (χ1) is 8.04. The van der Waals surface area contributed by atoms with E-state index in [1.54, 1.807) is 13.0 Å². The van der Waals surface area contributed by atoms with Crippen LogP contribution in [0.3, 0.4) is 0 Å². The molecule has 1 rings (SSSR count). The number of amides is 1. The molecule has 0 fully saturated rings. The van der Waals surface area contributed by atoms with Gasteiger partial charge in [0.1, 0.15) is 5.82 Å². The lowest BCUT2D eigenvalue weighted by molar-refractivity contribution is 0.0932. The standard InChI is InChI=1S/C13H18FNO2/c1-9-5-6-11(12(14)8-9)13(17)15-10(2)4-3-7-16/h5-6,8,10,16H,3-4,7H2,1-2H3,(H,15,17). The fourth-order valence-corrected chi connectivity index (χ4v) is 1.58. The van der Waals surface area contributed by atoms with Gasteiger partial charge in [0, 0.05) is 12.6 Å². The molecule has 0 aliphatic rings. The van der Waals surface area contributed by atoms with Gasteiger partial charge in [-0.05, 0) is 44.4 Å². The van der Waals surface area contributed by atoms with Crippen LogP contribution in [0.25, 0.3) is 0 Å². The Morgan fingerprint density at radius 2 is 2.24 bits per heavy atom. The molecule has 3 nitrogen and oxygen atoms in total. The van der Waals surface area contributed by atoms with E-state index >= 15 is 0 Å². The zero-order valence-corrected chi connectivity index (χ0v) is 10.2. The predicted octanol–water partition coefficient (Wildman–Crippen LogP) is 2.02. The topological polar surface area (TPSA) is 49.3 Å². The lowest BCUT2D eigenvalue weighted by atomic mass is 10.1. The summed E-state index contributed by atoms with van der Waals surface area (Å²) in [6.45, 7) is 3.70. The third kappa shape index (κ3) is 4.15. The van der Waals surface area contributed by atoms with Crippen LogP contribution >= 0.6 is 0 Å². The van der Waals surface area contributed by atoms with Gasteiger partial charge in [-0.1, -0.05) is 6.07 Å². The lowest BCUT2D eigenvalue weighted by Gasteiger charge is -2.13. The summed E-state index contributed by atoms with van der Waals surface area (Å²) in [4.78, 5) is 11.7. The molecule has 4 heteroatoms. The first-order valence-electron chi connectivity index (χ1n) is 5.72. The van der Waals surface area contributed by atoms with Crippen LogP contribution in [0.2, 0.25) is 0 Å². The Morgan fingerprint density at radius 1 is 1.53 bits per heavy atom. The summed E-state index contributed by atoms with van der Waals surface area (Å²) in [5.74, 6) is -0.912. The molecule has 0 bridgehead atoms. The average Bonchev–Trinajstić information content (AvgIpc) is 2.26. The van der Waals surface area contributed by atoms with Crippen LogP contribution in [-0.2, 0) is 0 Å². The maximum absolute atomic E-state index is 13.5. The minimum atomic E-state index is -0.503. The minimum absolute atomic E-state index is 0.0615. The van der Waals surface area contributed by atoms with Crippen molar-refractivity contribution >= 4 is 5.91 Å². The summed E-state index contributed by atoms with van der Waals surface area (Å²) in [5.41, 5.74) is 0.846. The minimum Gasteiger partial charge on any atom is -0.396 e. The number of benzene rings is 1. The molecule has 94 valence electrons. The first-order valence-corrected chi connectivity index (χ1v) is 5.72. The number of halogens is 1. The van der Waals surface area contributed by atoms with E-state index in [9.17, 15) is 9.18 Å². The molecule has 0 heterocycles. The summed E-state index contributed by atoms with van der Waals surface area (Å²) in [6.07, 6.45) is 1.30. The van der Waals surface area contributed by atoms with Crippen molar-refractivity contribution in [2.45, 2.75) is 32.7 Å². The molecule has 0 saturated heterocycles. The molecule has 17 heavy (non-hydrogen) atoms. The van der Waals surface area contributed by atoms with Crippen LogP contribution in [0.15, 0.2) is 18.2 Å². The van der Waals surface area contributed by atoms with Crippen molar-refractivity contribution in [3.63, 3.8) is 0 Å². The smallest absolute Gasteiger partial charge is 0.254 e. The van der Waals surface area contributed by atoms with Crippen molar-refractivity contribution in [1.29, 1.82) is 0 Å². The number of rotatable bonds is 5. The molecule has 1 aromatic carbocycles. The van der Waals surface area contributed by atoms with Gasteiger partial charge in [0.25, 0.3) is 5.91 Å². The average molecular weight is 239 g/mol. The van der Waals surface area contributed by atoms with Crippen molar-refractivity contribution in [2.75, 3.05) is 6.61 Å². The third-order valence-corrected chi connectivity index (χ3v) is 2.54. The van der Waals surface area contributed by atoms with Crippen LogP contribution in [0.5, 0.6) is 0 Å².